The van der Waals surface area contributed by atoms with Crippen LogP contribution in [-0.4, -0.2) is 19.1 Å². The van der Waals surface area contributed by atoms with Crippen LogP contribution in [0.2, 0.25) is 0 Å². The smallest absolute Gasteiger partial charge is 0.353 e. The van der Waals surface area contributed by atoms with E-state index in [1.165, 1.54) is 18.2 Å². The zero-order valence-corrected chi connectivity index (χ0v) is 12.3. The molecule has 7 heteroatoms. The van der Waals surface area contributed by atoms with Crippen LogP contribution >= 0.6 is 0 Å². The fourth-order valence-corrected chi connectivity index (χ4v) is 2.52. The molecule has 2 heterocycles. The van der Waals surface area contributed by atoms with E-state index >= 15 is 0 Å². The molecular weight excluding hydrogens is 309 g/mol. The van der Waals surface area contributed by atoms with Gasteiger partial charge in [0.1, 0.15) is 0 Å². The Bertz CT molecular complexity index is 652. The van der Waals surface area contributed by atoms with Crippen molar-refractivity contribution in [3.63, 3.8) is 0 Å². The minimum Gasteiger partial charge on any atom is -0.353 e. The Kier molecular flexibility index (Phi) is 4.13. The van der Waals surface area contributed by atoms with E-state index in [1.807, 2.05) is 0 Å². The van der Waals surface area contributed by atoms with E-state index in [4.69, 9.17) is 15.9 Å². The lowest BCUT2D eigenvalue weighted by Gasteiger charge is -2.23. The normalized spacial score (nSPS) is 22.6. The molecule has 0 saturated carbocycles. The van der Waals surface area contributed by atoms with Crippen molar-refractivity contribution in [3.8, 4) is 12.3 Å². The molecule has 0 N–H and O–H groups in total. The first kappa shape index (κ1) is 16.0. The van der Waals surface area contributed by atoms with Crippen LogP contribution in [0.1, 0.15) is 36.0 Å². The first-order valence-electron chi connectivity index (χ1n) is 7.30. The predicted molar refractivity (Wildman–Crippen MR) is 75.3 cm³/mol. The van der Waals surface area contributed by atoms with Crippen LogP contribution in [0, 0.1) is 12.3 Å². The van der Waals surface area contributed by atoms with Crippen molar-refractivity contribution < 1.29 is 22.6 Å². The average molecular weight is 324 g/mol. The second-order valence-corrected chi connectivity index (χ2v) is 5.49. The molecule has 1 aromatic rings. The number of rotatable bonds is 4. The number of ether oxygens (including phenoxy) is 2. The molecule has 1 atom stereocenters. The van der Waals surface area contributed by atoms with E-state index in [2.05, 4.69) is 16.1 Å². The predicted octanol–water partition coefficient (Wildman–Crippen LogP) is 3.89. The van der Waals surface area contributed by atoms with Gasteiger partial charge in [-0.05, 0) is 30.9 Å². The Hall–Kier alpha value is -1.91. The minimum absolute atomic E-state index is 0.0735. The molecule has 2 aliphatic heterocycles. The van der Waals surface area contributed by atoms with Gasteiger partial charge in [0.2, 0.25) is 0 Å². The van der Waals surface area contributed by atoms with Gasteiger partial charge in [0.05, 0.1) is 6.61 Å². The van der Waals surface area contributed by atoms with Gasteiger partial charge in [0.15, 0.2) is 6.29 Å². The summed E-state index contributed by atoms with van der Waals surface area (Å²) in [7, 11) is 0. The molecule has 23 heavy (non-hydrogen) atoms. The van der Waals surface area contributed by atoms with Gasteiger partial charge in [-0.25, -0.2) is 0 Å². The van der Waals surface area contributed by atoms with Gasteiger partial charge in [-0.3, -0.25) is 0 Å². The van der Waals surface area contributed by atoms with E-state index in [0.717, 1.165) is 19.3 Å². The third kappa shape index (κ3) is 3.09. The van der Waals surface area contributed by atoms with Crippen molar-refractivity contribution in [1.29, 1.82) is 0 Å². The van der Waals surface area contributed by atoms with Crippen molar-refractivity contribution in [3.05, 3.63) is 34.9 Å². The molecule has 0 bridgehead atoms. The van der Waals surface area contributed by atoms with E-state index in [-0.39, 0.29) is 18.5 Å². The molecule has 3 rings (SSSR count). The van der Waals surface area contributed by atoms with Gasteiger partial charge in [0, 0.05) is 17.7 Å². The van der Waals surface area contributed by atoms with Crippen LogP contribution in [0.5, 0.6) is 0 Å². The highest BCUT2D eigenvalue weighted by Gasteiger charge is 2.65. The molecule has 122 valence electrons. The molecule has 1 aromatic carbocycles. The number of benzene rings is 1. The van der Waals surface area contributed by atoms with Gasteiger partial charge in [-0.2, -0.15) is 13.2 Å². The molecule has 1 saturated heterocycles. The van der Waals surface area contributed by atoms with Crippen LogP contribution in [0.4, 0.5) is 13.2 Å². The third-order valence-electron chi connectivity index (χ3n) is 3.93. The SMILES string of the molecule is C#Cc1cc(C2(C(F)(F)F)N=N2)ccc1COC1CCCCO1. The van der Waals surface area contributed by atoms with Crippen molar-refractivity contribution in [1.82, 2.24) is 0 Å². The Balaban J connectivity index is 1.74. The number of hydrogen-bond acceptors (Lipinski definition) is 4. The second kappa shape index (κ2) is 5.95. The Labute approximate surface area is 131 Å². The fourth-order valence-electron chi connectivity index (χ4n) is 2.52. The summed E-state index contributed by atoms with van der Waals surface area (Å²) in [6.07, 6.45) is 3.42. The molecule has 4 nitrogen and oxygen atoms in total. The molecule has 0 radical (unpaired) electrons. The van der Waals surface area contributed by atoms with E-state index in [0.29, 0.717) is 17.7 Å². The summed E-state index contributed by atoms with van der Waals surface area (Å²) < 4.78 is 50.2. The first-order chi connectivity index (χ1) is 11.0. The lowest BCUT2D eigenvalue weighted by atomic mass is 9.97. The van der Waals surface area contributed by atoms with E-state index in [1.54, 1.807) is 0 Å². The highest BCUT2D eigenvalue weighted by molar-refractivity contribution is 5.45. The zero-order chi connectivity index (χ0) is 16.5. The summed E-state index contributed by atoms with van der Waals surface area (Å²) in [4.78, 5) is 0. The molecule has 1 unspecified atom stereocenters. The van der Waals surface area contributed by atoms with Gasteiger partial charge in [-0.15, -0.1) is 16.7 Å². The Morgan fingerprint density at radius 2 is 2.13 bits per heavy atom. The zero-order valence-electron chi connectivity index (χ0n) is 12.3. The minimum atomic E-state index is -4.56. The number of hydrogen-bond donors (Lipinski definition) is 0. The molecule has 0 spiro atoms. The molecule has 2 aliphatic rings. The van der Waals surface area contributed by atoms with Crippen LogP contribution in [-0.2, 0) is 21.7 Å². The number of halogens is 3. The fraction of sp³-hybridized carbons (Fsp3) is 0.500. The summed E-state index contributed by atoms with van der Waals surface area (Å²) in [6.45, 7) is 0.848. The monoisotopic (exact) mass is 324 g/mol. The molecule has 0 amide bonds. The van der Waals surface area contributed by atoms with Crippen LogP contribution in [0.3, 0.4) is 0 Å². The molecule has 0 aliphatic carbocycles. The van der Waals surface area contributed by atoms with Crippen LogP contribution < -0.4 is 0 Å². The maximum Gasteiger partial charge on any atom is 0.442 e. The lowest BCUT2D eigenvalue weighted by molar-refractivity contribution is -0.169. The summed E-state index contributed by atoms with van der Waals surface area (Å²) >= 11 is 0. The highest BCUT2D eigenvalue weighted by atomic mass is 19.4. The summed E-state index contributed by atoms with van der Waals surface area (Å²) in [6, 6.07) is 4.17. The van der Waals surface area contributed by atoms with Gasteiger partial charge >= 0.3 is 11.8 Å². The van der Waals surface area contributed by atoms with Gasteiger partial charge in [0.25, 0.3) is 0 Å². The van der Waals surface area contributed by atoms with Crippen molar-refractivity contribution in [2.45, 2.75) is 44.0 Å². The topological polar surface area (TPSA) is 43.2 Å². The van der Waals surface area contributed by atoms with Crippen molar-refractivity contribution >= 4 is 0 Å². The third-order valence-corrected chi connectivity index (χ3v) is 3.93. The highest BCUT2D eigenvalue weighted by Crippen LogP contribution is 2.52. The lowest BCUT2D eigenvalue weighted by Crippen LogP contribution is -2.30. The Morgan fingerprint density at radius 1 is 1.35 bits per heavy atom. The van der Waals surface area contributed by atoms with Gasteiger partial charge < -0.3 is 9.47 Å². The van der Waals surface area contributed by atoms with Gasteiger partial charge in [-0.1, -0.05) is 18.1 Å². The molecule has 0 aromatic heterocycles. The number of nitrogens with zero attached hydrogens (tertiary/aromatic N) is 2. The largest absolute Gasteiger partial charge is 0.442 e. The summed E-state index contributed by atoms with van der Waals surface area (Å²) in [5.74, 6) is 2.40. The Morgan fingerprint density at radius 3 is 2.70 bits per heavy atom. The number of alkyl halides is 3. The van der Waals surface area contributed by atoms with E-state index < -0.39 is 11.8 Å². The van der Waals surface area contributed by atoms with E-state index in [9.17, 15) is 13.2 Å². The standard InChI is InChI=1S/C16H15F3N2O2/c1-2-11-9-13(15(20-21-15)16(17,18)19)7-6-12(11)10-23-14-5-3-4-8-22-14/h1,6-7,9,14H,3-5,8,10H2. The maximum absolute atomic E-state index is 13.0. The van der Waals surface area contributed by atoms with Crippen molar-refractivity contribution in [2.24, 2.45) is 10.2 Å². The first-order valence-corrected chi connectivity index (χ1v) is 7.30. The summed E-state index contributed by atoms with van der Waals surface area (Å²) in [5.41, 5.74) is -1.54. The maximum atomic E-state index is 13.0. The van der Waals surface area contributed by atoms with Crippen LogP contribution in [0.25, 0.3) is 0 Å². The molecular formula is C16H15F3N2O2. The molecule has 1 fully saturated rings. The number of terminal acetylenes is 1. The average Bonchev–Trinajstić information content (AvgIpc) is 3.35. The second-order valence-electron chi connectivity index (χ2n) is 5.49. The quantitative estimate of drug-likeness (QED) is 0.789. The van der Waals surface area contributed by atoms with Crippen molar-refractivity contribution in [2.75, 3.05) is 6.61 Å². The summed E-state index contributed by atoms with van der Waals surface area (Å²) in [5, 5.41) is 6.36. The van der Waals surface area contributed by atoms with Crippen LogP contribution in [0.15, 0.2) is 28.4 Å².